The Labute approximate surface area is 138 Å². The van der Waals surface area contributed by atoms with E-state index in [2.05, 4.69) is 26.9 Å². The predicted molar refractivity (Wildman–Crippen MR) is 91.1 cm³/mol. The molecule has 1 aromatic heterocycles. The van der Waals surface area contributed by atoms with Gasteiger partial charge >= 0.3 is 0 Å². The van der Waals surface area contributed by atoms with Crippen molar-refractivity contribution in [2.75, 3.05) is 25.1 Å². The third kappa shape index (κ3) is 2.81. The lowest BCUT2D eigenvalue weighted by atomic mass is 10.1. The minimum absolute atomic E-state index is 0.335. The number of nitriles is 1. The molecule has 0 aliphatic carbocycles. The Kier molecular flexibility index (Phi) is 4.32. The molecule has 1 saturated heterocycles. The number of benzene rings is 1. The largest absolute Gasteiger partial charge is 0.381 e. The van der Waals surface area contributed by atoms with Crippen molar-refractivity contribution in [2.45, 2.75) is 25.9 Å². The minimum atomic E-state index is 0.335. The van der Waals surface area contributed by atoms with Gasteiger partial charge in [0.05, 0.1) is 23.3 Å². The number of ether oxygens (including phenoxy) is 1. The molecule has 0 radical (unpaired) electrons. The summed E-state index contributed by atoms with van der Waals surface area (Å²) in [6, 6.07) is 8.28. The molecular weight excluding hydrogens is 342 g/mol. The van der Waals surface area contributed by atoms with Crippen molar-refractivity contribution in [3.8, 4) is 6.07 Å². The molecule has 0 unspecified atom stereocenters. The fraction of sp³-hybridized carbons (Fsp3) is 0.412. The number of fused-ring (bicyclic) bond motifs is 1. The highest BCUT2D eigenvalue weighted by Gasteiger charge is 2.21. The van der Waals surface area contributed by atoms with E-state index in [9.17, 15) is 5.26 Å². The molecule has 2 aromatic rings. The van der Waals surface area contributed by atoms with Crippen LogP contribution in [0.25, 0.3) is 10.9 Å². The molecule has 2 heterocycles. The van der Waals surface area contributed by atoms with Crippen LogP contribution < -0.4 is 4.90 Å². The lowest BCUT2D eigenvalue weighted by molar-refractivity contribution is 0.0818. The average molecular weight is 360 g/mol. The first-order valence-corrected chi connectivity index (χ1v) is 8.20. The summed E-state index contributed by atoms with van der Waals surface area (Å²) in [4.78, 5) is 7.02. The van der Waals surface area contributed by atoms with Crippen molar-refractivity contribution < 1.29 is 4.74 Å². The molecule has 0 saturated carbocycles. The van der Waals surface area contributed by atoms with Crippen molar-refractivity contribution in [1.82, 2.24) is 4.98 Å². The molecule has 0 N–H and O–H groups in total. The van der Waals surface area contributed by atoms with Crippen LogP contribution in [0.5, 0.6) is 0 Å². The van der Waals surface area contributed by atoms with Gasteiger partial charge in [-0.15, -0.1) is 0 Å². The van der Waals surface area contributed by atoms with E-state index in [1.807, 2.05) is 25.1 Å². The minimum Gasteiger partial charge on any atom is -0.381 e. The van der Waals surface area contributed by atoms with Crippen molar-refractivity contribution in [3.05, 3.63) is 33.8 Å². The van der Waals surface area contributed by atoms with Gasteiger partial charge in [0.15, 0.2) is 0 Å². The van der Waals surface area contributed by atoms with E-state index in [-0.39, 0.29) is 0 Å². The lowest BCUT2D eigenvalue weighted by Crippen LogP contribution is -2.37. The Bertz CT molecular complexity index is 746. The van der Waals surface area contributed by atoms with Gasteiger partial charge in [0.1, 0.15) is 5.82 Å². The summed E-state index contributed by atoms with van der Waals surface area (Å²) in [5, 5.41) is 10.4. The molecule has 22 heavy (non-hydrogen) atoms. The number of aryl methyl sites for hydroxylation is 1. The molecule has 1 fully saturated rings. The van der Waals surface area contributed by atoms with Gasteiger partial charge in [-0.25, -0.2) is 4.98 Å². The summed E-state index contributed by atoms with van der Waals surface area (Å²) in [5.41, 5.74) is 2.65. The molecule has 1 aromatic carbocycles. The molecule has 0 spiro atoms. The van der Waals surface area contributed by atoms with Gasteiger partial charge in [-0.2, -0.15) is 5.26 Å². The van der Waals surface area contributed by atoms with Crippen LogP contribution in [0, 0.1) is 18.3 Å². The lowest BCUT2D eigenvalue weighted by Gasteiger charge is -2.32. The predicted octanol–water partition coefficient (Wildman–Crippen LogP) is 3.79. The first-order chi connectivity index (χ1) is 10.6. The van der Waals surface area contributed by atoms with E-state index in [0.717, 1.165) is 52.7 Å². The van der Waals surface area contributed by atoms with Gasteiger partial charge in [0.2, 0.25) is 0 Å². The third-order valence-electron chi connectivity index (χ3n) is 4.22. The normalized spacial score (nSPS) is 16.0. The van der Waals surface area contributed by atoms with E-state index < -0.39 is 0 Å². The molecule has 114 valence electrons. The van der Waals surface area contributed by atoms with Crippen LogP contribution in [-0.4, -0.2) is 31.3 Å². The SMILES string of the molecule is COC1CCN(c2cc(C#N)c3cc(C)cc(Br)c3n2)CC1. The van der Waals surface area contributed by atoms with Crippen molar-refractivity contribution >= 4 is 32.7 Å². The van der Waals surface area contributed by atoms with Gasteiger partial charge in [-0.1, -0.05) is 0 Å². The molecule has 1 aliphatic heterocycles. The molecule has 0 amide bonds. The van der Waals surface area contributed by atoms with Gasteiger partial charge < -0.3 is 9.64 Å². The summed E-state index contributed by atoms with van der Waals surface area (Å²) in [5.74, 6) is 0.878. The number of hydrogen-bond donors (Lipinski definition) is 0. The molecule has 0 atom stereocenters. The summed E-state index contributed by atoms with van der Waals surface area (Å²) in [7, 11) is 1.77. The topological polar surface area (TPSA) is 49.1 Å². The van der Waals surface area contributed by atoms with Crippen LogP contribution >= 0.6 is 15.9 Å². The first-order valence-electron chi connectivity index (χ1n) is 7.41. The molecule has 4 nitrogen and oxygen atoms in total. The van der Waals surface area contributed by atoms with E-state index in [0.29, 0.717) is 11.7 Å². The maximum absolute atomic E-state index is 9.49. The maximum atomic E-state index is 9.49. The molecule has 1 aliphatic rings. The van der Waals surface area contributed by atoms with E-state index in [1.165, 1.54) is 0 Å². The number of rotatable bonds is 2. The summed E-state index contributed by atoms with van der Waals surface area (Å²) in [6.45, 7) is 3.84. The van der Waals surface area contributed by atoms with Crippen LogP contribution in [0.4, 0.5) is 5.82 Å². The van der Waals surface area contributed by atoms with Crippen LogP contribution in [0.2, 0.25) is 0 Å². The van der Waals surface area contributed by atoms with Gasteiger partial charge in [-0.3, -0.25) is 0 Å². The number of pyridine rings is 1. The van der Waals surface area contributed by atoms with Crippen LogP contribution in [0.15, 0.2) is 22.7 Å². The van der Waals surface area contributed by atoms with E-state index >= 15 is 0 Å². The number of nitrogens with zero attached hydrogens (tertiary/aromatic N) is 3. The van der Waals surface area contributed by atoms with Gasteiger partial charge in [0, 0.05) is 30.1 Å². The standard InChI is InChI=1S/C17H18BrN3O/c1-11-7-14-12(10-19)9-16(20-17(14)15(18)8-11)21-5-3-13(22-2)4-6-21/h7-9,13H,3-6H2,1-2H3. The number of hydrogen-bond acceptors (Lipinski definition) is 4. The third-order valence-corrected chi connectivity index (χ3v) is 4.82. The zero-order valence-electron chi connectivity index (χ0n) is 12.8. The fourth-order valence-corrected chi connectivity index (χ4v) is 3.65. The van der Waals surface area contributed by atoms with Crippen molar-refractivity contribution in [3.63, 3.8) is 0 Å². The number of methoxy groups -OCH3 is 1. The molecule has 0 bridgehead atoms. The highest BCUT2D eigenvalue weighted by molar-refractivity contribution is 9.10. The monoisotopic (exact) mass is 359 g/mol. The number of piperidine rings is 1. The second kappa shape index (κ2) is 6.23. The van der Waals surface area contributed by atoms with Crippen molar-refractivity contribution in [2.24, 2.45) is 0 Å². The van der Waals surface area contributed by atoms with Crippen LogP contribution in [-0.2, 0) is 4.74 Å². The summed E-state index contributed by atoms with van der Waals surface area (Å²) < 4.78 is 6.35. The summed E-state index contributed by atoms with van der Waals surface area (Å²) in [6.07, 6.45) is 2.32. The number of anilines is 1. The smallest absolute Gasteiger partial charge is 0.130 e. The fourth-order valence-electron chi connectivity index (χ4n) is 2.98. The van der Waals surface area contributed by atoms with E-state index in [1.54, 1.807) is 7.11 Å². The molecule has 3 rings (SSSR count). The Balaban J connectivity index is 2.03. The zero-order chi connectivity index (χ0) is 15.7. The Morgan fingerprint density at radius 2 is 2.05 bits per heavy atom. The number of halogens is 1. The average Bonchev–Trinajstić information content (AvgIpc) is 2.54. The quantitative estimate of drug-likeness (QED) is 0.818. The number of aromatic nitrogens is 1. The van der Waals surface area contributed by atoms with Gasteiger partial charge in [-0.05, 0) is 59.5 Å². The van der Waals surface area contributed by atoms with Crippen LogP contribution in [0.3, 0.4) is 0 Å². The highest BCUT2D eigenvalue weighted by Crippen LogP contribution is 2.30. The Morgan fingerprint density at radius 3 is 2.68 bits per heavy atom. The Morgan fingerprint density at radius 1 is 1.32 bits per heavy atom. The first kappa shape index (κ1) is 15.3. The highest BCUT2D eigenvalue weighted by atomic mass is 79.9. The summed E-state index contributed by atoms with van der Waals surface area (Å²) >= 11 is 3.58. The van der Waals surface area contributed by atoms with Crippen molar-refractivity contribution in [1.29, 1.82) is 5.26 Å². The van der Waals surface area contributed by atoms with Gasteiger partial charge in [0.25, 0.3) is 0 Å². The zero-order valence-corrected chi connectivity index (χ0v) is 14.4. The molecular formula is C17H18BrN3O. The van der Waals surface area contributed by atoms with Crippen LogP contribution in [0.1, 0.15) is 24.0 Å². The molecule has 5 heteroatoms. The maximum Gasteiger partial charge on any atom is 0.130 e. The van der Waals surface area contributed by atoms with E-state index in [4.69, 9.17) is 9.72 Å². The Hall–Kier alpha value is -1.64. The second-order valence-electron chi connectivity index (χ2n) is 5.70. The second-order valence-corrected chi connectivity index (χ2v) is 6.56.